The Kier molecular flexibility index (Phi) is 7.05. The highest BCUT2D eigenvalue weighted by Crippen LogP contribution is 2.50. The molecule has 5 heteroatoms. The average molecular weight is 375 g/mol. The van der Waals surface area contributed by atoms with E-state index >= 15 is 0 Å². The first-order chi connectivity index (χ1) is 12.9. The molecule has 1 unspecified atom stereocenters. The van der Waals surface area contributed by atoms with Gasteiger partial charge in [-0.15, -0.1) is 0 Å². The second-order valence-corrected chi connectivity index (χ2v) is 7.07. The molecule has 3 rings (SSSR count). The zero-order valence-corrected chi connectivity index (χ0v) is 16.4. The number of carbonyl (C=O) groups excluding carboxylic acids is 1. The number of carbonyl (C=O) groups is 1. The predicted molar refractivity (Wildman–Crippen MR) is 102 cm³/mol. The summed E-state index contributed by atoms with van der Waals surface area (Å²) in [6, 6.07) is 6.22. The molecule has 1 saturated carbocycles. The Hall–Kier alpha value is -2.30. The number of halogens is 2. The van der Waals surface area contributed by atoms with E-state index in [2.05, 4.69) is 18.8 Å². The molecule has 0 spiro atoms. The first-order valence-electron chi connectivity index (χ1n) is 9.34. The summed E-state index contributed by atoms with van der Waals surface area (Å²) in [7, 11) is 1.34. The molecule has 0 amide bonds. The number of esters is 1. The van der Waals surface area contributed by atoms with Crippen molar-refractivity contribution >= 4 is 5.97 Å². The summed E-state index contributed by atoms with van der Waals surface area (Å²) in [5, 5.41) is 0. The van der Waals surface area contributed by atoms with Crippen LogP contribution in [0, 0.1) is 18.6 Å². The highest BCUT2D eigenvalue weighted by atomic mass is 19.1. The maximum atomic E-state index is 14.0. The van der Waals surface area contributed by atoms with E-state index in [1.54, 1.807) is 25.3 Å². The molecule has 0 bridgehead atoms. The van der Waals surface area contributed by atoms with Crippen LogP contribution < -0.4 is 0 Å². The van der Waals surface area contributed by atoms with Crippen molar-refractivity contribution in [2.75, 3.05) is 7.11 Å². The van der Waals surface area contributed by atoms with Crippen molar-refractivity contribution < 1.29 is 18.3 Å². The molecule has 27 heavy (non-hydrogen) atoms. The SMILES string of the molecule is CCC.COC(=O)[C@@]1(c2cccc(F)c2C)CCC(c2cncc(F)c2)C1. The minimum absolute atomic E-state index is 0.0185. The van der Waals surface area contributed by atoms with E-state index in [1.165, 1.54) is 25.7 Å². The van der Waals surface area contributed by atoms with Gasteiger partial charge < -0.3 is 4.74 Å². The average Bonchev–Trinajstić information content (AvgIpc) is 3.10. The van der Waals surface area contributed by atoms with E-state index in [4.69, 9.17) is 4.74 Å². The Morgan fingerprint density at radius 3 is 2.63 bits per heavy atom. The van der Waals surface area contributed by atoms with E-state index in [-0.39, 0.29) is 17.7 Å². The van der Waals surface area contributed by atoms with Crippen LogP contribution in [0.25, 0.3) is 0 Å². The lowest BCUT2D eigenvalue weighted by Gasteiger charge is -2.29. The second-order valence-electron chi connectivity index (χ2n) is 7.07. The number of hydrogen-bond donors (Lipinski definition) is 0. The van der Waals surface area contributed by atoms with Gasteiger partial charge in [-0.25, -0.2) is 8.78 Å². The van der Waals surface area contributed by atoms with Gasteiger partial charge in [-0.1, -0.05) is 32.4 Å². The Balaban J connectivity index is 0.000000817. The molecule has 2 atom stereocenters. The van der Waals surface area contributed by atoms with E-state index in [9.17, 15) is 13.6 Å². The van der Waals surface area contributed by atoms with E-state index < -0.39 is 11.2 Å². The minimum atomic E-state index is -0.905. The number of pyridine rings is 1. The van der Waals surface area contributed by atoms with Crippen LogP contribution in [-0.4, -0.2) is 18.1 Å². The van der Waals surface area contributed by atoms with Crippen LogP contribution in [0.1, 0.15) is 62.1 Å². The third-order valence-electron chi connectivity index (χ3n) is 5.07. The van der Waals surface area contributed by atoms with Gasteiger partial charge >= 0.3 is 5.97 Å². The number of nitrogens with zero attached hydrogens (tertiary/aromatic N) is 1. The van der Waals surface area contributed by atoms with E-state index in [1.807, 2.05) is 0 Å². The van der Waals surface area contributed by atoms with Crippen molar-refractivity contribution in [2.45, 2.75) is 57.8 Å². The monoisotopic (exact) mass is 375 g/mol. The fourth-order valence-corrected chi connectivity index (χ4v) is 3.84. The quantitative estimate of drug-likeness (QED) is 0.669. The lowest BCUT2D eigenvalue weighted by Crippen LogP contribution is -2.35. The number of rotatable bonds is 3. The van der Waals surface area contributed by atoms with Gasteiger partial charge in [0.25, 0.3) is 0 Å². The number of aromatic nitrogens is 1. The topological polar surface area (TPSA) is 39.2 Å². The summed E-state index contributed by atoms with van der Waals surface area (Å²) >= 11 is 0. The Morgan fingerprint density at radius 2 is 2.00 bits per heavy atom. The Labute approximate surface area is 159 Å². The molecular formula is C22H27F2NO2. The normalized spacial score (nSPS) is 21.3. The maximum Gasteiger partial charge on any atom is 0.316 e. The number of benzene rings is 1. The van der Waals surface area contributed by atoms with Gasteiger partial charge in [0.2, 0.25) is 0 Å². The van der Waals surface area contributed by atoms with Crippen LogP contribution in [0.4, 0.5) is 8.78 Å². The molecule has 1 fully saturated rings. The third-order valence-corrected chi connectivity index (χ3v) is 5.07. The highest BCUT2D eigenvalue weighted by Gasteiger charge is 2.49. The maximum absolute atomic E-state index is 14.0. The number of ether oxygens (including phenoxy) is 1. The van der Waals surface area contributed by atoms with Crippen molar-refractivity contribution in [3.8, 4) is 0 Å². The predicted octanol–water partition coefficient (Wildman–Crippen LogP) is 5.46. The molecule has 0 radical (unpaired) electrons. The lowest BCUT2D eigenvalue weighted by atomic mass is 9.75. The van der Waals surface area contributed by atoms with Gasteiger partial charge in [0.1, 0.15) is 11.6 Å². The first-order valence-corrected chi connectivity index (χ1v) is 9.34. The van der Waals surface area contributed by atoms with Gasteiger partial charge in [0, 0.05) is 6.20 Å². The minimum Gasteiger partial charge on any atom is -0.468 e. The van der Waals surface area contributed by atoms with Crippen LogP contribution in [0.3, 0.4) is 0 Å². The lowest BCUT2D eigenvalue weighted by molar-refractivity contribution is -0.147. The smallest absolute Gasteiger partial charge is 0.316 e. The van der Waals surface area contributed by atoms with Crippen molar-refractivity contribution in [3.05, 3.63) is 65.0 Å². The Morgan fingerprint density at radius 1 is 1.30 bits per heavy atom. The van der Waals surface area contributed by atoms with E-state index in [0.717, 1.165) is 11.8 Å². The largest absolute Gasteiger partial charge is 0.468 e. The molecule has 3 nitrogen and oxygen atoms in total. The molecular weight excluding hydrogens is 348 g/mol. The molecule has 1 aromatic carbocycles. The summed E-state index contributed by atoms with van der Waals surface area (Å²) in [5.74, 6) is -1.13. The van der Waals surface area contributed by atoms with Gasteiger partial charge in [-0.2, -0.15) is 0 Å². The van der Waals surface area contributed by atoms with Gasteiger partial charge in [0.15, 0.2) is 0 Å². The molecule has 146 valence electrons. The summed E-state index contributed by atoms with van der Waals surface area (Å²) in [6.07, 6.45) is 5.71. The van der Waals surface area contributed by atoms with Crippen molar-refractivity contribution in [1.82, 2.24) is 4.98 Å². The molecule has 0 aliphatic heterocycles. The molecule has 1 heterocycles. The first kappa shape index (κ1) is 21.0. The second kappa shape index (κ2) is 9.07. The summed E-state index contributed by atoms with van der Waals surface area (Å²) < 4.78 is 32.5. The van der Waals surface area contributed by atoms with Gasteiger partial charge in [0.05, 0.1) is 18.7 Å². The highest BCUT2D eigenvalue weighted by molar-refractivity contribution is 5.84. The molecule has 0 N–H and O–H groups in total. The zero-order valence-electron chi connectivity index (χ0n) is 16.4. The number of methoxy groups -OCH3 is 1. The van der Waals surface area contributed by atoms with Crippen LogP contribution in [-0.2, 0) is 14.9 Å². The Bertz CT molecular complexity index is 794. The van der Waals surface area contributed by atoms with Crippen molar-refractivity contribution in [3.63, 3.8) is 0 Å². The molecule has 2 aromatic rings. The van der Waals surface area contributed by atoms with Crippen LogP contribution >= 0.6 is 0 Å². The summed E-state index contributed by atoms with van der Waals surface area (Å²) in [5.41, 5.74) is 0.967. The standard InChI is InChI=1S/C19H19F2NO2.C3H8/c1-12-16(4-3-5-17(12)21)19(18(23)24-2)7-6-13(9-19)14-8-15(20)11-22-10-14;1-3-2/h3-5,8,10-11,13H,6-7,9H2,1-2H3;3H2,1-2H3/t13?,19-;/m0./s1. The van der Waals surface area contributed by atoms with E-state index in [0.29, 0.717) is 30.4 Å². The van der Waals surface area contributed by atoms with Gasteiger partial charge in [-0.05, 0) is 60.9 Å². The number of hydrogen-bond acceptors (Lipinski definition) is 3. The fraction of sp³-hybridized carbons (Fsp3) is 0.455. The van der Waals surface area contributed by atoms with Crippen molar-refractivity contribution in [2.24, 2.45) is 0 Å². The van der Waals surface area contributed by atoms with Crippen LogP contribution in [0.15, 0.2) is 36.7 Å². The van der Waals surface area contributed by atoms with Crippen molar-refractivity contribution in [1.29, 1.82) is 0 Å². The van der Waals surface area contributed by atoms with Gasteiger partial charge in [-0.3, -0.25) is 9.78 Å². The third kappa shape index (κ3) is 4.34. The molecule has 0 saturated heterocycles. The summed E-state index contributed by atoms with van der Waals surface area (Å²) in [4.78, 5) is 16.5. The van der Waals surface area contributed by atoms with Crippen LogP contribution in [0.5, 0.6) is 0 Å². The molecule has 1 aliphatic rings. The molecule has 1 aromatic heterocycles. The molecule has 1 aliphatic carbocycles. The van der Waals surface area contributed by atoms with Crippen LogP contribution in [0.2, 0.25) is 0 Å². The zero-order chi connectivity index (χ0) is 20.0. The summed E-state index contributed by atoms with van der Waals surface area (Å²) in [6.45, 7) is 5.92. The fourth-order valence-electron chi connectivity index (χ4n) is 3.84.